The first-order valence-corrected chi connectivity index (χ1v) is 5.18. The molecule has 1 heterocycles. The number of nitrogens with two attached hydrogens (primary N) is 1. The van der Waals surface area contributed by atoms with Gasteiger partial charge in [-0.3, -0.25) is 0 Å². The van der Waals surface area contributed by atoms with E-state index >= 15 is 0 Å². The SMILES string of the molecule is C[C@@H](N)Cc1c(C(=O)O)[nH]c2ccccc12. The lowest BCUT2D eigenvalue weighted by atomic mass is 10.0. The number of nitrogens with one attached hydrogen (secondary N) is 1. The highest BCUT2D eigenvalue weighted by Crippen LogP contribution is 2.23. The van der Waals surface area contributed by atoms with Gasteiger partial charge in [-0.05, 0) is 25.0 Å². The quantitative estimate of drug-likeness (QED) is 0.734. The predicted octanol–water partition coefficient (Wildman–Crippen LogP) is 1.76. The van der Waals surface area contributed by atoms with Gasteiger partial charge in [0, 0.05) is 16.9 Å². The number of carbonyl (C=O) groups is 1. The van der Waals surface area contributed by atoms with Crippen molar-refractivity contribution in [2.45, 2.75) is 19.4 Å². The molecule has 0 saturated heterocycles. The normalized spacial score (nSPS) is 12.9. The number of benzene rings is 1. The fraction of sp³-hybridized carbons (Fsp3) is 0.250. The standard InChI is InChI=1S/C12H14N2O2/c1-7(13)6-9-8-4-2-3-5-10(8)14-11(9)12(15)16/h2-5,7,14H,6,13H2,1H3,(H,15,16)/t7-/m1/s1. The van der Waals surface area contributed by atoms with Gasteiger partial charge in [0.2, 0.25) is 0 Å². The van der Waals surface area contributed by atoms with Crippen molar-refractivity contribution in [2.24, 2.45) is 5.73 Å². The molecule has 1 aromatic heterocycles. The molecule has 0 aliphatic carbocycles. The van der Waals surface area contributed by atoms with E-state index in [1.54, 1.807) is 0 Å². The van der Waals surface area contributed by atoms with Crippen molar-refractivity contribution in [3.05, 3.63) is 35.5 Å². The Labute approximate surface area is 93.1 Å². The Kier molecular flexibility index (Phi) is 2.66. The summed E-state index contributed by atoms with van der Waals surface area (Å²) in [5, 5.41) is 10.0. The van der Waals surface area contributed by atoms with Gasteiger partial charge in [-0.15, -0.1) is 0 Å². The van der Waals surface area contributed by atoms with Crippen LogP contribution in [-0.2, 0) is 6.42 Å². The largest absolute Gasteiger partial charge is 0.477 e. The zero-order chi connectivity index (χ0) is 11.7. The van der Waals surface area contributed by atoms with Gasteiger partial charge < -0.3 is 15.8 Å². The maximum absolute atomic E-state index is 11.1. The number of carboxylic acid groups (broad SMARTS) is 1. The number of hydrogen-bond acceptors (Lipinski definition) is 2. The fourth-order valence-electron chi connectivity index (χ4n) is 1.92. The smallest absolute Gasteiger partial charge is 0.352 e. The van der Waals surface area contributed by atoms with E-state index in [0.717, 1.165) is 16.5 Å². The Hall–Kier alpha value is -1.81. The van der Waals surface area contributed by atoms with Gasteiger partial charge in [-0.25, -0.2) is 4.79 Å². The molecular weight excluding hydrogens is 204 g/mol. The van der Waals surface area contributed by atoms with Crippen molar-refractivity contribution in [3.8, 4) is 0 Å². The number of carboxylic acids is 1. The highest BCUT2D eigenvalue weighted by atomic mass is 16.4. The van der Waals surface area contributed by atoms with Crippen LogP contribution in [-0.4, -0.2) is 22.1 Å². The second kappa shape index (κ2) is 3.98. The van der Waals surface area contributed by atoms with E-state index < -0.39 is 5.97 Å². The zero-order valence-corrected chi connectivity index (χ0v) is 9.03. The molecule has 1 atom stereocenters. The summed E-state index contributed by atoms with van der Waals surface area (Å²) >= 11 is 0. The molecule has 84 valence electrons. The van der Waals surface area contributed by atoms with Crippen molar-refractivity contribution in [1.29, 1.82) is 0 Å². The molecule has 0 spiro atoms. The Morgan fingerprint density at radius 2 is 2.19 bits per heavy atom. The van der Waals surface area contributed by atoms with Crippen LogP contribution in [0.15, 0.2) is 24.3 Å². The molecule has 0 fully saturated rings. The van der Waals surface area contributed by atoms with E-state index in [0.29, 0.717) is 6.42 Å². The highest BCUT2D eigenvalue weighted by molar-refractivity contribution is 5.97. The summed E-state index contributed by atoms with van der Waals surface area (Å²) in [5.41, 5.74) is 7.62. The van der Waals surface area contributed by atoms with E-state index in [4.69, 9.17) is 10.8 Å². The summed E-state index contributed by atoms with van der Waals surface area (Å²) in [5.74, 6) is -0.938. The fourth-order valence-corrected chi connectivity index (χ4v) is 1.92. The van der Waals surface area contributed by atoms with Crippen LogP contribution in [0.2, 0.25) is 0 Å². The van der Waals surface area contributed by atoms with Crippen molar-refractivity contribution in [2.75, 3.05) is 0 Å². The molecule has 0 radical (unpaired) electrons. The van der Waals surface area contributed by atoms with Crippen LogP contribution in [0.25, 0.3) is 10.9 Å². The molecular formula is C12H14N2O2. The summed E-state index contributed by atoms with van der Waals surface area (Å²) in [7, 11) is 0. The molecule has 0 amide bonds. The summed E-state index contributed by atoms with van der Waals surface area (Å²) in [6, 6.07) is 7.49. The third-order valence-corrected chi connectivity index (χ3v) is 2.55. The molecule has 4 nitrogen and oxygen atoms in total. The van der Waals surface area contributed by atoms with Gasteiger partial charge >= 0.3 is 5.97 Å². The van der Waals surface area contributed by atoms with Crippen molar-refractivity contribution in [3.63, 3.8) is 0 Å². The van der Waals surface area contributed by atoms with Gasteiger partial charge in [-0.1, -0.05) is 18.2 Å². The van der Waals surface area contributed by atoms with Crippen molar-refractivity contribution in [1.82, 2.24) is 4.98 Å². The second-order valence-corrected chi connectivity index (χ2v) is 4.01. The minimum atomic E-state index is -0.938. The van der Waals surface area contributed by atoms with Crippen LogP contribution in [0.5, 0.6) is 0 Å². The summed E-state index contributed by atoms with van der Waals surface area (Å²) in [4.78, 5) is 14.0. The molecule has 0 aliphatic heterocycles. The molecule has 4 heteroatoms. The molecule has 4 N–H and O–H groups in total. The number of aromatic carboxylic acids is 1. The van der Waals surface area contributed by atoms with Crippen molar-refractivity contribution >= 4 is 16.9 Å². The molecule has 0 saturated carbocycles. The highest BCUT2D eigenvalue weighted by Gasteiger charge is 2.17. The second-order valence-electron chi connectivity index (χ2n) is 4.01. The lowest BCUT2D eigenvalue weighted by Gasteiger charge is -2.04. The number of H-pyrrole nitrogens is 1. The zero-order valence-electron chi connectivity index (χ0n) is 9.03. The van der Waals surface area contributed by atoms with Gasteiger partial charge in [0.15, 0.2) is 0 Å². The van der Waals surface area contributed by atoms with Gasteiger partial charge in [0.25, 0.3) is 0 Å². The van der Waals surface area contributed by atoms with Crippen molar-refractivity contribution < 1.29 is 9.90 Å². The third kappa shape index (κ3) is 1.79. The van der Waals surface area contributed by atoms with Crippen LogP contribution < -0.4 is 5.73 Å². The number of aromatic nitrogens is 1. The topological polar surface area (TPSA) is 79.1 Å². The summed E-state index contributed by atoms with van der Waals surface area (Å²) < 4.78 is 0. The van der Waals surface area contributed by atoms with Gasteiger partial charge in [-0.2, -0.15) is 0 Å². The molecule has 0 aliphatic rings. The predicted molar refractivity (Wildman–Crippen MR) is 62.6 cm³/mol. The Morgan fingerprint density at radius 3 is 2.81 bits per heavy atom. The number of para-hydroxylation sites is 1. The summed E-state index contributed by atoms with van der Waals surface area (Å²) in [6.07, 6.45) is 0.561. The van der Waals surface area contributed by atoms with Crippen LogP contribution in [0.4, 0.5) is 0 Å². The Bertz CT molecular complexity index is 529. The maximum atomic E-state index is 11.1. The van der Waals surface area contributed by atoms with E-state index in [2.05, 4.69) is 4.98 Å². The lowest BCUT2D eigenvalue weighted by Crippen LogP contribution is -2.19. The van der Waals surface area contributed by atoms with Gasteiger partial charge in [0.05, 0.1) is 0 Å². The first-order valence-electron chi connectivity index (χ1n) is 5.18. The molecule has 0 bridgehead atoms. The number of aromatic amines is 1. The molecule has 2 rings (SSSR count). The third-order valence-electron chi connectivity index (χ3n) is 2.55. The van der Waals surface area contributed by atoms with E-state index in [1.807, 2.05) is 31.2 Å². The van der Waals surface area contributed by atoms with Crippen LogP contribution in [0, 0.1) is 0 Å². The monoisotopic (exact) mass is 218 g/mol. The van der Waals surface area contributed by atoms with Crippen LogP contribution in [0.1, 0.15) is 23.0 Å². The summed E-state index contributed by atoms with van der Waals surface area (Å²) in [6.45, 7) is 1.87. The first-order chi connectivity index (χ1) is 7.59. The minimum Gasteiger partial charge on any atom is -0.477 e. The van der Waals surface area contributed by atoms with Gasteiger partial charge in [0.1, 0.15) is 5.69 Å². The average molecular weight is 218 g/mol. The van der Waals surface area contributed by atoms with E-state index in [1.165, 1.54) is 0 Å². The lowest BCUT2D eigenvalue weighted by molar-refractivity contribution is 0.0690. The van der Waals surface area contributed by atoms with E-state index in [-0.39, 0.29) is 11.7 Å². The Balaban J connectivity index is 2.64. The molecule has 16 heavy (non-hydrogen) atoms. The Morgan fingerprint density at radius 1 is 1.50 bits per heavy atom. The van der Waals surface area contributed by atoms with Crippen LogP contribution in [0.3, 0.4) is 0 Å². The number of hydrogen-bond donors (Lipinski definition) is 3. The number of fused-ring (bicyclic) bond motifs is 1. The maximum Gasteiger partial charge on any atom is 0.352 e. The molecule has 1 aromatic carbocycles. The molecule has 0 unspecified atom stereocenters. The van der Waals surface area contributed by atoms with E-state index in [9.17, 15) is 4.79 Å². The number of rotatable bonds is 3. The molecule has 2 aromatic rings. The average Bonchev–Trinajstić information content (AvgIpc) is 2.57. The van der Waals surface area contributed by atoms with Crippen LogP contribution >= 0.6 is 0 Å². The minimum absolute atomic E-state index is 0.0580. The first kappa shape index (κ1) is 10.7.